The SMILES string of the molecule is O=C(C1=CCCC1)N1Cc2ccnn2[C@@H](CCOCC2CC2)C1. The van der Waals surface area contributed by atoms with Crippen LogP contribution in [0.4, 0.5) is 0 Å². The second-order valence-electron chi connectivity index (χ2n) is 7.04. The maximum Gasteiger partial charge on any atom is 0.249 e. The highest BCUT2D eigenvalue weighted by Gasteiger charge is 2.30. The number of amides is 1. The molecular weight excluding hydrogens is 290 g/mol. The highest BCUT2D eigenvalue weighted by atomic mass is 16.5. The lowest BCUT2D eigenvalue weighted by atomic mass is 10.1. The van der Waals surface area contributed by atoms with Crippen molar-refractivity contribution in [2.24, 2.45) is 5.92 Å². The van der Waals surface area contributed by atoms with E-state index in [0.29, 0.717) is 6.54 Å². The molecule has 0 saturated heterocycles. The lowest BCUT2D eigenvalue weighted by molar-refractivity contribution is -0.129. The summed E-state index contributed by atoms with van der Waals surface area (Å²) in [5.74, 6) is 1.02. The minimum Gasteiger partial charge on any atom is -0.381 e. The minimum atomic E-state index is 0.221. The second kappa shape index (κ2) is 6.48. The van der Waals surface area contributed by atoms with Crippen molar-refractivity contribution in [3.05, 3.63) is 29.6 Å². The van der Waals surface area contributed by atoms with Crippen LogP contribution in [-0.2, 0) is 16.1 Å². The van der Waals surface area contributed by atoms with Gasteiger partial charge in [-0.2, -0.15) is 5.10 Å². The molecule has 2 aliphatic carbocycles. The Bertz CT molecular complexity index is 603. The molecule has 0 bridgehead atoms. The van der Waals surface area contributed by atoms with Crippen molar-refractivity contribution in [1.82, 2.24) is 14.7 Å². The zero-order valence-corrected chi connectivity index (χ0v) is 13.6. The van der Waals surface area contributed by atoms with Crippen molar-refractivity contribution in [2.45, 2.75) is 51.1 Å². The number of carbonyl (C=O) groups is 1. The first-order valence-electron chi connectivity index (χ1n) is 8.89. The van der Waals surface area contributed by atoms with E-state index in [4.69, 9.17) is 4.74 Å². The van der Waals surface area contributed by atoms with Crippen LogP contribution in [0.25, 0.3) is 0 Å². The number of hydrogen-bond acceptors (Lipinski definition) is 3. The highest BCUT2D eigenvalue weighted by molar-refractivity contribution is 5.93. The van der Waals surface area contributed by atoms with Crippen LogP contribution in [0.2, 0.25) is 0 Å². The molecule has 0 spiro atoms. The van der Waals surface area contributed by atoms with Crippen molar-refractivity contribution >= 4 is 5.91 Å². The summed E-state index contributed by atoms with van der Waals surface area (Å²) in [5.41, 5.74) is 2.14. The first-order valence-corrected chi connectivity index (χ1v) is 8.89. The van der Waals surface area contributed by atoms with E-state index < -0.39 is 0 Å². The first-order chi connectivity index (χ1) is 11.3. The van der Waals surface area contributed by atoms with Gasteiger partial charge in [0.1, 0.15) is 0 Å². The predicted molar refractivity (Wildman–Crippen MR) is 86.8 cm³/mol. The summed E-state index contributed by atoms with van der Waals surface area (Å²) >= 11 is 0. The normalized spacial score (nSPS) is 23.7. The van der Waals surface area contributed by atoms with Gasteiger partial charge in [-0.05, 0) is 50.5 Å². The Labute approximate surface area is 137 Å². The topological polar surface area (TPSA) is 47.4 Å². The number of ether oxygens (including phenoxy) is 1. The van der Waals surface area contributed by atoms with Gasteiger partial charge in [-0.15, -0.1) is 0 Å². The summed E-state index contributed by atoms with van der Waals surface area (Å²) < 4.78 is 7.88. The van der Waals surface area contributed by atoms with E-state index in [-0.39, 0.29) is 11.9 Å². The predicted octanol–water partition coefficient (Wildman–Crippen LogP) is 2.69. The molecule has 1 aliphatic heterocycles. The smallest absolute Gasteiger partial charge is 0.249 e. The zero-order chi connectivity index (χ0) is 15.6. The second-order valence-corrected chi connectivity index (χ2v) is 7.04. The summed E-state index contributed by atoms with van der Waals surface area (Å²) in [6.45, 7) is 3.08. The number of nitrogens with zero attached hydrogens (tertiary/aromatic N) is 3. The molecule has 1 fully saturated rings. The summed E-state index contributed by atoms with van der Waals surface area (Å²) in [5, 5.41) is 4.46. The average molecular weight is 315 g/mol. The number of carbonyl (C=O) groups excluding carboxylic acids is 1. The van der Waals surface area contributed by atoms with Crippen molar-refractivity contribution in [1.29, 1.82) is 0 Å². The minimum absolute atomic E-state index is 0.221. The molecule has 1 aromatic rings. The molecular formula is C18H25N3O2. The summed E-state index contributed by atoms with van der Waals surface area (Å²) in [4.78, 5) is 14.7. The third-order valence-electron chi connectivity index (χ3n) is 5.13. The molecule has 1 atom stereocenters. The fourth-order valence-electron chi connectivity index (χ4n) is 3.58. The molecule has 124 valence electrons. The Morgan fingerprint density at radius 1 is 1.39 bits per heavy atom. The van der Waals surface area contributed by atoms with Gasteiger partial charge in [-0.1, -0.05) is 6.08 Å². The van der Waals surface area contributed by atoms with Gasteiger partial charge < -0.3 is 9.64 Å². The number of hydrogen-bond donors (Lipinski definition) is 0. The van der Waals surface area contributed by atoms with E-state index in [2.05, 4.69) is 15.9 Å². The molecule has 23 heavy (non-hydrogen) atoms. The van der Waals surface area contributed by atoms with E-state index in [1.165, 1.54) is 12.8 Å². The third kappa shape index (κ3) is 3.34. The molecule has 0 radical (unpaired) electrons. The number of rotatable bonds is 6. The standard InChI is InChI=1S/C18H25N3O2/c22-18(15-3-1-2-4-15)20-11-16-7-9-19-21(16)17(12-20)8-10-23-13-14-5-6-14/h3,7,9,14,17H,1-2,4-6,8,10-13H2/t17-/m0/s1. The zero-order valence-electron chi connectivity index (χ0n) is 13.6. The van der Waals surface area contributed by atoms with Crippen molar-refractivity contribution in [3.63, 3.8) is 0 Å². The van der Waals surface area contributed by atoms with Crippen LogP contribution >= 0.6 is 0 Å². The van der Waals surface area contributed by atoms with Gasteiger partial charge in [0.05, 0.1) is 18.3 Å². The van der Waals surface area contributed by atoms with Crippen molar-refractivity contribution in [3.8, 4) is 0 Å². The molecule has 1 aromatic heterocycles. The van der Waals surface area contributed by atoms with E-state index in [1.54, 1.807) is 0 Å². The third-order valence-corrected chi connectivity index (χ3v) is 5.13. The summed E-state index contributed by atoms with van der Waals surface area (Å²) in [6, 6.07) is 2.26. The van der Waals surface area contributed by atoms with Crippen LogP contribution in [-0.4, -0.2) is 40.3 Å². The molecule has 4 rings (SSSR count). The number of allylic oxidation sites excluding steroid dienone is 1. The van der Waals surface area contributed by atoms with Crippen molar-refractivity contribution in [2.75, 3.05) is 19.8 Å². The fourth-order valence-corrected chi connectivity index (χ4v) is 3.58. The lowest BCUT2D eigenvalue weighted by Gasteiger charge is -2.34. The molecule has 0 unspecified atom stereocenters. The largest absolute Gasteiger partial charge is 0.381 e. The Balaban J connectivity index is 1.39. The Kier molecular flexibility index (Phi) is 4.21. The molecule has 2 heterocycles. The van der Waals surface area contributed by atoms with Gasteiger partial charge >= 0.3 is 0 Å². The molecule has 0 aromatic carbocycles. The van der Waals surface area contributed by atoms with Crippen LogP contribution in [0.15, 0.2) is 23.9 Å². The quantitative estimate of drug-likeness (QED) is 0.758. The maximum absolute atomic E-state index is 12.7. The summed E-state index contributed by atoms with van der Waals surface area (Å²) in [7, 11) is 0. The van der Waals surface area contributed by atoms with E-state index >= 15 is 0 Å². The highest BCUT2D eigenvalue weighted by Crippen LogP contribution is 2.30. The molecule has 3 aliphatic rings. The van der Waals surface area contributed by atoms with Crippen LogP contribution < -0.4 is 0 Å². The molecule has 5 heteroatoms. The van der Waals surface area contributed by atoms with Gasteiger partial charge in [0.25, 0.3) is 0 Å². The van der Waals surface area contributed by atoms with Gasteiger partial charge in [-0.3, -0.25) is 9.48 Å². The molecule has 0 N–H and O–H groups in total. The van der Waals surface area contributed by atoms with Gasteiger partial charge in [0.2, 0.25) is 5.91 Å². The van der Waals surface area contributed by atoms with Crippen LogP contribution in [0.3, 0.4) is 0 Å². The van der Waals surface area contributed by atoms with Gasteiger partial charge in [0, 0.05) is 31.5 Å². The number of aromatic nitrogens is 2. The van der Waals surface area contributed by atoms with Crippen LogP contribution in [0.1, 0.15) is 50.3 Å². The lowest BCUT2D eigenvalue weighted by Crippen LogP contribution is -2.42. The van der Waals surface area contributed by atoms with E-state index in [0.717, 1.165) is 62.6 Å². The van der Waals surface area contributed by atoms with Gasteiger partial charge in [0.15, 0.2) is 0 Å². The maximum atomic E-state index is 12.7. The van der Waals surface area contributed by atoms with Crippen LogP contribution in [0.5, 0.6) is 0 Å². The van der Waals surface area contributed by atoms with E-state index in [9.17, 15) is 4.79 Å². The first kappa shape index (κ1) is 14.9. The molecule has 1 saturated carbocycles. The average Bonchev–Trinajstić information content (AvgIpc) is 3.04. The Morgan fingerprint density at radius 3 is 3.09 bits per heavy atom. The van der Waals surface area contributed by atoms with Crippen LogP contribution in [0, 0.1) is 5.92 Å². The fraction of sp³-hybridized carbons (Fsp3) is 0.667. The monoisotopic (exact) mass is 315 g/mol. The Hall–Kier alpha value is -1.62. The Morgan fingerprint density at radius 2 is 2.30 bits per heavy atom. The number of fused-ring (bicyclic) bond motifs is 1. The van der Waals surface area contributed by atoms with Gasteiger partial charge in [-0.25, -0.2) is 0 Å². The van der Waals surface area contributed by atoms with E-state index in [1.807, 2.05) is 17.2 Å². The van der Waals surface area contributed by atoms with Crippen molar-refractivity contribution < 1.29 is 9.53 Å². The molecule has 5 nitrogen and oxygen atoms in total. The molecule has 1 amide bonds. The summed E-state index contributed by atoms with van der Waals surface area (Å²) in [6.07, 6.45) is 10.6.